The highest BCUT2D eigenvalue weighted by molar-refractivity contribution is 6.32. The van der Waals surface area contributed by atoms with E-state index in [1.165, 1.54) is 11.7 Å². The summed E-state index contributed by atoms with van der Waals surface area (Å²) in [6.07, 6.45) is 3.99. The van der Waals surface area contributed by atoms with Gasteiger partial charge < -0.3 is 4.74 Å². The van der Waals surface area contributed by atoms with E-state index in [4.69, 9.17) is 27.9 Å². The Hall–Kier alpha value is -1.07. The van der Waals surface area contributed by atoms with Crippen LogP contribution in [0, 0.1) is 0 Å². The number of hydrogen-bond acceptors (Lipinski definition) is 4. The molecular weight excluding hydrogens is 327 g/mol. The van der Waals surface area contributed by atoms with Gasteiger partial charge in [0.15, 0.2) is 10.3 Å². The van der Waals surface area contributed by atoms with Gasteiger partial charge in [0, 0.05) is 5.41 Å². The SMILES string of the molecule is CCCC1(CCC)C[C@@H](C(=O)OC)n2c1c(Cl)nc(Cl)c2=O. The average Bonchev–Trinajstić information content (AvgIpc) is 2.80. The minimum absolute atomic E-state index is 0.206. The maximum atomic E-state index is 12.4. The van der Waals surface area contributed by atoms with Crippen LogP contribution in [0.15, 0.2) is 4.79 Å². The lowest BCUT2D eigenvalue weighted by Crippen LogP contribution is -2.30. The number of aromatic nitrogens is 2. The first kappa shape index (κ1) is 17.3. The molecule has 22 heavy (non-hydrogen) atoms. The third-order valence-corrected chi connectivity index (χ3v) is 4.87. The number of esters is 1. The first-order valence-corrected chi connectivity index (χ1v) is 8.23. The van der Waals surface area contributed by atoms with Crippen molar-refractivity contribution in [1.29, 1.82) is 0 Å². The number of rotatable bonds is 5. The van der Waals surface area contributed by atoms with Gasteiger partial charge in [-0.3, -0.25) is 9.36 Å². The van der Waals surface area contributed by atoms with Gasteiger partial charge in [-0.25, -0.2) is 9.78 Å². The highest BCUT2D eigenvalue weighted by Gasteiger charge is 2.48. The van der Waals surface area contributed by atoms with E-state index in [9.17, 15) is 9.59 Å². The summed E-state index contributed by atoms with van der Waals surface area (Å²) in [6.45, 7) is 4.14. The van der Waals surface area contributed by atoms with E-state index in [-0.39, 0.29) is 15.7 Å². The molecule has 0 aromatic carbocycles. The predicted molar refractivity (Wildman–Crippen MR) is 85.7 cm³/mol. The average molecular weight is 347 g/mol. The Morgan fingerprint density at radius 1 is 1.32 bits per heavy atom. The van der Waals surface area contributed by atoms with E-state index in [1.807, 2.05) is 0 Å². The Morgan fingerprint density at radius 2 is 1.91 bits per heavy atom. The van der Waals surface area contributed by atoms with Crippen LogP contribution in [0.2, 0.25) is 10.3 Å². The minimum atomic E-state index is -0.691. The molecule has 0 bridgehead atoms. The van der Waals surface area contributed by atoms with Crippen LogP contribution in [0.5, 0.6) is 0 Å². The molecule has 0 amide bonds. The summed E-state index contributed by atoms with van der Waals surface area (Å²) in [6, 6.07) is -0.691. The summed E-state index contributed by atoms with van der Waals surface area (Å²) in [5.74, 6) is -0.448. The lowest BCUT2D eigenvalue weighted by molar-refractivity contribution is -0.144. The normalized spacial score (nSPS) is 19.0. The number of hydrogen-bond donors (Lipinski definition) is 0. The Morgan fingerprint density at radius 3 is 2.41 bits per heavy atom. The third kappa shape index (κ3) is 2.65. The van der Waals surface area contributed by atoms with Crippen LogP contribution in [-0.2, 0) is 14.9 Å². The van der Waals surface area contributed by atoms with Gasteiger partial charge in [0.1, 0.15) is 6.04 Å². The van der Waals surface area contributed by atoms with Crippen molar-refractivity contribution in [3.63, 3.8) is 0 Å². The van der Waals surface area contributed by atoms with Crippen molar-refractivity contribution in [2.24, 2.45) is 0 Å². The number of fused-ring (bicyclic) bond motifs is 1. The molecule has 1 aliphatic rings. The molecule has 7 heteroatoms. The number of halogens is 2. The molecule has 5 nitrogen and oxygen atoms in total. The second-order valence-corrected chi connectivity index (χ2v) is 6.46. The second-order valence-electron chi connectivity index (χ2n) is 5.74. The van der Waals surface area contributed by atoms with E-state index >= 15 is 0 Å². The molecular formula is C15H20Cl2N2O3. The molecule has 0 unspecified atom stereocenters. The highest BCUT2D eigenvalue weighted by Crippen LogP contribution is 2.49. The van der Waals surface area contributed by atoms with Crippen LogP contribution in [0.25, 0.3) is 0 Å². The molecule has 0 fully saturated rings. The molecule has 0 radical (unpaired) electrons. The molecule has 0 saturated heterocycles. The Labute approximate surface area is 139 Å². The molecule has 0 spiro atoms. The molecule has 2 heterocycles. The summed E-state index contributed by atoms with van der Waals surface area (Å²) in [7, 11) is 1.32. The third-order valence-electron chi connectivity index (χ3n) is 4.36. The van der Waals surface area contributed by atoms with E-state index in [2.05, 4.69) is 18.8 Å². The van der Waals surface area contributed by atoms with Crippen LogP contribution < -0.4 is 5.56 Å². The summed E-state index contributed by atoms with van der Waals surface area (Å²) >= 11 is 12.2. The summed E-state index contributed by atoms with van der Waals surface area (Å²) in [4.78, 5) is 28.6. The Kier molecular flexibility index (Phi) is 5.17. The summed E-state index contributed by atoms with van der Waals surface area (Å²) < 4.78 is 6.27. The van der Waals surface area contributed by atoms with Gasteiger partial charge >= 0.3 is 5.97 Å². The van der Waals surface area contributed by atoms with Crippen molar-refractivity contribution in [3.05, 3.63) is 26.4 Å². The van der Waals surface area contributed by atoms with Gasteiger partial charge in [-0.2, -0.15) is 0 Å². The molecule has 1 aliphatic heterocycles. The molecule has 0 saturated carbocycles. The van der Waals surface area contributed by atoms with Gasteiger partial charge in [-0.15, -0.1) is 0 Å². The van der Waals surface area contributed by atoms with Gasteiger partial charge in [-0.05, 0) is 19.3 Å². The van der Waals surface area contributed by atoms with E-state index in [1.54, 1.807) is 0 Å². The zero-order chi connectivity index (χ0) is 16.5. The topological polar surface area (TPSA) is 61.2 Å². The number of carbonyl (C=O) groups is 1. The molecule has 2 rings (SSSR count). The molecule has 1 aromatic heterocycles. The largest absolute Gasteiger partial charge is 0.467 e. The Balaban J connectivity index is 2.74. The zero-order valence-corrected chi connectivity index (χ0v) is 14.5. The Bertz CT molecular complexity index is 636. The van der Waals surface area contributed by atoms with Crippen LogP contribution in [-0.4, -0.2) is 22.6 Å². The molecule has 1 aromatic rings. The van der Waals surface area contributed by atoms with Crippen LogP contribution in [0.1, 0.15) is 57.7 Å². The fourth-order valence-corrected chi connectivity index (χ4v) is 4.26. The van der Waals surface area contributed by atoms with Crippen molar-refractivity contribution in [3.8, 4) is 0 Å². The fraction of sp³-hybridized carbons (Fsp3) is 0.667. The van der Waals surface area contributed by atoms with E-state index in [0.717, 1.165) is 25.7 Å². The first-order chi connectivity index (χ1) is 10.4. The summed E-state index contributed by atoms with van der Waals surface area (Å²) in [5.41, 5.74) is -0.191. The molecule has 122 valence electrons. The lowest BCUT2D eigenvalue weighted by atomic mass is 9.74. The number of nitrogens with zero attached hydrogens (tertiary/aromatic N) is 2. The fourth-order valence-electron chi connectivity index (χ4n) is 3.66. The molecule has 1 atom stereocenters. The minimum Gasteiger partial charge on any atom is -0.467 e. The first-order valence-electron chi connectivity index (χ1n) is 7.47. The van der Waals surface area contributed by atoms with Crippen molar-refractivity contribution < 1.29 is 9.53 Å². The smallest absolute Gasteiger partial charge is 0.329 e. The molecule has 0 N–H and O–H groups in total. The van der Waals surface area contributed by atoms with Crippen LogP contribution in [0.3, 0.4) is 0 Å². The summed E-state index contributed by atoms with van der Waals surface area (Å²) in [5, 5.41) is -0.00986. The van der Waals surface area contributed by atoms with Crippen LogP contribution in [0.4, 0.5) is 0 Å². The quantitative estimate of drug-likeness (QED) is 0.765. The van der Waals surface area contributed by atoms with Crippen LogP contribution >= 0.6 is 23.2 Å². The maximum absolute atomic E-state index is 12.4. The van der Waals surface area contributed by atoms with Crippen molar-refractivity contribution in [2.45, 2.75) is 57.4 Å². The number of methoxy groups -OCH3 is 1. The van der Waals surface area contributed by atoms with Gasteiger partial charge in [0.2, 0.25) is 0 Å². The van der Waals surface area contributed by atoms with E-state index in [0.29, 0.717) is 12.1 Å². The van der Waals surface area contributed by atoms with Crippen molar-refractivity contribution >= 4 is 29.2 Å². The predicted octanol–water partition coefficient (Wildman–Crippen LogP) is 3.51. The zero-order valence-electron chi connectivity index (χ0n) is 13.0. The van der Waals surface area contributed by atoms with Crippen molar-refractivity contribution in [2.75, 3.05) is 7.11 Å². The maximum Gasteiger partial charge on any atom is 0.329 e. The monoisotopic (exact) mass is 346 g/mol. The second kappa shape index (κ2) is 6.59. The van der Waals surface area contributed by atoms with E-state index < -0.39 is 17.6 Å². The number of carbonyl (C=O) groups excluding carboxylic acids is 1. The van der Waals surface area contributed by atoms with Gasteiger partial charge in [-0.1, -0.05) is 49.9 Å². The highest BCUT2D eigenvalue weighted by atomic mass is 35.5. The standard InChI is InChI=1S/C15H20Cl2N2O3/c1-4-6-15(7-5-2)8-9(14(21)22-3)19-10(15)11(16)18-12(17)13(19)20/h9H,4-8H2,1-3H3/t9-/m0/s1. The lowest BCUT2D eigenvalue weighted by Gasteiger charge is -2.29. The number of ether oxygens (including phenoxy) is 1. The van der Waals surface area contributed by atoms with Crippen molar-refractivity contribution in [1.82, 2.24) is 9.55 Å². The van der Waals surface area contributed by atoms with Gasteiger partial charge in [0.25, 0.3) is 5.56 Å². The molecule has 0 aliphatic carbocycles. The van der Waals surface area contributed by atoms with Gasteiger partial charge in [0.05, 0.1) is 12.8 Å².